The summed E-state index contributed by atoms with van der Waals surface area (Å²) in [7, 11) is 0. The highest BCUT2D eigenvalue weighted by Gasteiger charge is 2.28. The number of hydrogen-bond acceptors (Lipinski definition) is 2. The third-order valence-electron chi connectivity index (χ3n) is 3.11. The zero-order valence-corrected chi connectivity index (χ0v) is 10.8. The number of likely N-dealkylation sites (tertiary alicyclic amines) is 1. The van der Waals surface area contributed by atoms with E-state index in [9.17, 15) is 22.8 Å². The topological polar surface area (TPSA) is 49.4 Å². The highest BCUT2D eigenvalue weighted by Crippen LogP contribution is 2.18. The molecular formula is C13H13F3N2O2. The molecule has 0 saturated carbocycles. The summed E-state index contributed by atoms with van der Waals surface area (Å²) < 4.78 is 39.0. The third kappa shape index (κ3) is 2.92. The van der Waals surface area contributed by atoms with E-state index >= 15 is 0 Å². The van der Waals surface area contributed by atoms with Crippen molar-refractivity contribution >= 4 is 11.8 Å². The summed E-state index contributed by atoms with van der Waals surface area (Å²) >= 11 is 0. The second-order valence-electron chi connectivity index (χ2n) is 4.69. The maximum atomic E-state index is 13.1. The number of nitrogens with one attached hydrogen (secondary N) is 1. The lowest BCUT2D eigenvalue weighted by molar-refractivity contribution is -0.119. The van der Waals surface area contributed by atoms with E-state index in [0.29, 0.717) is 25.1 Å². The van der Waals surface area contributed by atoms with E-state index in [1.165, 1.54) is 11.8 Å². The lowest BCUT2D eigenvalue weighted by atomic mass is 10.2. The monoisotopic (exact) mass is 286 g/mol. The van der Waals surface area contributed by atoms with E-state index in [1.807, 2.05) is 0 Å². The number of amides is 2. The van der Waals surface area contributed by atoms with Crippen LogP contribution in [0.5, 0.6) is 0 Å². The maximum absolute atomic E-state index is 13.1. The first kappa shape index (κ1) is 14.4. The van der Waals surface area contributed by atoms with Crippen molar-refractivity contribution in [3.63, 3.8) is 0 Å². The van der Waals surface area contributed by atoms with Crippen LogP contribution in [-0.2, 0) is 4.79 Å². The number of carbonyl (C=O) groups is 2. The molecule has 0 aromatic heterocycles. The molecule has 20 heavy (non-hydrogen) atoms. The molecule has 1 N–H and O–H groups in total. The van der Waals surface area contributed by atoms with Gasteiger partial charge in [0.15, 0.2) is 17.5 Å². The van der Waals surface area contributed by atoms with Crippen molar-refractivity contribution in [1.29, 1.82) is 0 Å². The normalized spacial score (nSPS) is 18.2. The quantitative estimate of drug-likeness (QED) is 0.837. The number of carbonyl (C=O) groups excluding carboxylic acids is 2. The molecule has 2 rings (SSSR count). The van der Waals surface area contributed by atoms with Crippen LogP contribution in [0.2, 0.25) is 0 Å². The lowest BCUT2D eigenvalue weighted by Crippen LogP contribution is -2.37. The van der Waals surface area contributed by atoms with E-state index in [2.05, 4.69) is 5.32 Å². The van der Waals surface area contributed by atoms with E-state index in [-0.39, 0.29) is 24.1 Å². The Kier molecular flexibility index (Phi) is 3.96. The van der Waals surface area contributed by atoms with Gasteiger partial charge in [-0.15, -0.1) is 0 Å². The smallest absolute Gasteiger partial charge is 0.254 e. The van der Waals surface area contributed by atoms with E-state index in [1.54, 1.807) is 0 Å². The summed E-state index contributed by atoms with van der Waals surface area (Å²) in [4.78, 5) is 24.3. The second kappa shape index (κ2) is 5.52. The van der Waals surface area contributed by atoms with Crippen LogP contribution in [0.4, 0.5) is 13.2 Å². The highest BCUT2D eigenvalue weighted by atomic mass is 19.2. The molecule has 1 fully saturated rings. The average Bonchev–Trinajstić information content (AvgIpc) is 2.82. The molecule has 7 heteroatoms. The van der Waals surface area contributed by atoms with Gasteiger partial charge in [-0.2, -0.15) is 0 Å². The number of nitrogens with zero attached hydrogens (tertiary/aromatic N) is 1. The van der Waals surface area contributed by atoms with Crippen molar-refractivity contribution in [3.8, 4) is 0 Å². The Balaban J connectivity index is 2.11. The highest BCUT2D eigenvalue weighted by molar-refractivity contribution is 5.94. The summed E-state index contributed by atoms with van der Waals surface area (Å²) in [5.41, 5.74) is -0.245. The van der Waals surface area contributed by atoms with Crippen molar-refractivity contribution in [2.45, 2.75) is 19.4 Å². The third-order valence-corrected chi connectivity index (χ3v) is 3.11. The van der Waals surface area contributed by atoms with Crippen molar-refractivity contribution in [1.82, 2.24) is 10.2 Å². The van der Waals surface area contributed by atoms with Gasteiger partial charge in [0, 0.05) is 31.6 Å². The van der Waals surface area contributed by atoms with Crippen LogP contribution in [0, 0.1) is 17.5 Å². The Hall–Kier alpha value is -2.05. The van der Waals surface area contributed by atoms with Gasteiger partial charge in [-0.25, -0.2) is 13.2 Å². The first-order valence-electron chi connectivity index (χ1n) is 6.09. The molecule has 1 aliphatic rings. The Morgan fingerprint density at radius 3 is 2.40 bits per heavy atom. The minimum Gasteiger partial charge on any atom is -0.352 e. The van der Waals surface area contributed by atoms with Crippen molar-refractivity contribution < 1.29 is 22.8 Å². The van der Waals surface area contributed by atoms with Crippen molar-refractivity contribution in [2.75, 3.05) is 13.1 Å². The standard InChI is InChI=1S/C13H13F3N2O2/c1-7(19)17-9-2-3-18(6-9)13(20)8-4-10(14)12(16)11(15)5-8/h4-5,9H,2-3,6H2,1H3,(H,17,19). The molecule has 1 aromatic carbocycles. The number of halogens is 3. The Morgan fingerprint density at radius 1 is 1.25 bits per heavy atom. The molecule has 1 aliphatic heterocycles. The van der Waals surface area contributed by atoms with Gasteiger partial charge in [-0.1, -0.05) is 0 Å². The molecule has 0 radical (unpaired) electrons. The van der Waals surface area contributed by atoms with Gasteiger partial charge in [-0.05, 0) is 18.6 Å². The molecule has 0 bridgehead atoms. The van der Waals surface area contributed by atoms with Crippen molar-refractivity contribution in [3.05, 3.63) is 35.1 Å². The van der Waals surface area contributed by atoms with Gasteiger partial charge in [-0.3, -0.25) is 9.59 Å². The minimum absolute atomic E-state index is 0.174. The van der Waals surface area contributed by atoms with Gasteiger partial charge in [0.05, 0.1) is 0 Å². The molecule has 108 valence electrons. The molecule has 2 amide bonds. The predicted octanol–water partition coefficient (Wildman–Crippen LogP) is 1.45. The van der Waals surface area contributed by atoms with Gasteiger partial charge in [0.1, 0.15) is 0 Å². The molecule has 1 saturated heterocycles. The second-order valence-corrected chi connectivity index (χ2v) is 4.69. The first-order valence-corrected chi connectivity index (χ1v) is 6.09. The van der Waals surface area contributed by atoms with Crippen LogP contribution < -0.4 is 5.32 Å². The van der Waals surface area contributed by atoms with Gasteiger partial charge in [0.25, 0.3) is 5.91 Å². The van der Waals surface area contributed by atoms with Gasteiger partial charge < -0.3 is 10.2 Å². The average molecular weight is 286 g/mol. The fourth-order valence-corrected chi connectivity index (χ4v) is 2.21. The lowest BCUT2D eigenvalue weighted by Gasteiger charge is -2.17. The molecule has 1 unspecified atom stereocenters. The van der Waals surface area contributed by atoms with E-state index < -0.39 is 23.4 Å². The summed E-state index contributed by atoms with van der Waals surface area (Å²) in [6.45, 7) is 2.00. The molecule has 1 heterocycles. The molecule has 0 aliphatic carbocycles. The number of benzene rings is 1. The Bertz CT molecular complexity index is 540. The maximum Gasteiger partial charge on any atom is 0.254 e. The number of rotatable bonds is 2. The van der Waals surface area contributed by atoms with Crippen LogP contribution in [0.1, 0.15) is 23.7 Å². The van der Waals surface area contributed by atoms with Gasteiger partial charge >= 0.3 is 0 Å². The fraction of sp³-hybridized carbons (Fsp3) is 0.385. The minimum atomic E-state index is -1.60. The zero-order valence-electron chi connectivity index (χ0n) is 10.8. The molecular weight excluding hydrogens is 273 g/mol. The molecule has 1 atom stereocenters. The zero-order chi connectivity index (χ0) is 14.9. The summed E-state index contributed by atoms with van der Waals surface area (Å²) in [6.07, 6.45) is 0.567. The predicted molar refractivity (Wildman–Crippen MR) is 64.4 cm³/mol. The summed E-state index contributed by atoms with van der Waals surface area (Å²) in [5, 5.41) is 2.67. The Labute approximate surface area is 113 Å². The van der Waals surface area contributed by atoms with E-state index in [4.69, 9.17) is 0 Å². The summed E-state index contributed by atoms with van der Waals surface area (Å²) in [6, 6.07) is 1.17. The van der Waals surface area contributed by atoms with E-state index in [0.717, 1.165) is 0 Å². The first-order chi connectivity index (χ1) is 9.38. The van der Waals surface area contributed by atoms with Crippen LogP contribution in [-0.4, -0.2) is 35.8 Å². The van der Waals surface area contributed by atoms with Crippen LogP contribution in [0.25, 0.3) is 0 Å². The Morgan fingerprint density at radius 2 is 1.85 bits per heavy atom. The fourth-order valence-electron chi connectivity index (χ4n) is 2.21. The largest absolute Gasteiger partial charge is 0.352 e. The van der Waals surface area contributed by atoms with Crippen molar-refractivity contribution in [2.24, 2.45) is 0 Å². The van der Waals surface area contributed by atoms with Crippen LogP contribution in [0.3, 0.4) is 0 Å². The summed E-state index contributed by atoms with van der Waals surface area (Å²) in [5.74, 6) is -5.19. The van der Waals surface area contributed by atoms with Crippen LogP contribution in [0.15, 0.2) is 12.1 Å². The van der Waals surface area contributed by atoms with Gasteiger partial charge in [0.2, 0.25) is 5.91 Å². The molecule has 0 spiro atoms. The number of hydrogen-bond donors (Lipinski definition) is 1. The van der Waals surface area contributed by atoms with Crippen LogP contribution >= 0.6 is 0 Å². The SMILES string of the molecule is CC(=O)NC1CCN(C(=O)c2cc(F)c(F)c(F)c2)C1. The molecule has 4 nitrogen and oxygen atoms in total. The molecule has 1 aromatic rings.